The molecule has 1 amide bonds. The predicted octanol–water partition coefficient (Wildman–Crippen LogP) is 1.23. The zero-order chi connectivity index (χ0) is 12.8. The van der Waals surface area contributed by atoms with Gasteiger partial charge in [0, 0.05) is 5.69 Å². The first-order valence-corrected chi connectivity index (χ1v) is 4.93. The average molecular weight is 239 g/mol. The van der Waals surface area contributed by atoms with Gasteiger partial charge in [-0.25, -0.2) is 9.59 Å². The monoisotopic (exact) mass is 239 g/mol. The molecule has 17 heavy (non-hydrogen) atoms. The Morgan fingerprint density at radius 2 is 2.12 bits per heavy atom. The number of nitrogens with one attached hydrogen (secondary N) is 1. The van der Waals surface area contributed by atoms with Gasteiger partial charge in [0.05, 0.1) is 12.2 Å². The second kappa shape index (κ2) is 5.86. The number of aliphatic hydroxyl groups excluding tert-OH is 1. The number of carboxylic acid groups (broad SMARTS) is 1. The summed E-state index contributed by atoms with van der Waals surface area (Å²) in [5.74, 6) is -1.06. The first kappa shape index (κ1) is 13.0. The van der Waals surface area contributed by atoms with Gasteiger partial charge in [0.25, 0.3) is 0 Å². The predicted molar refractivity (Wildman–Crippen MR) is 60.2 cm³/mol. The van der Waals surface area contributed by atoms with Crippen molar-refractivity contribution in [3.05, 3.63) is 29.3 Å². The maximum atomic E-state index is 11.2. The molecule has 0 aliphatic carbocycles. The zero-order valence-electron chi connectivity index (χ0n) is 9.27. The number of amides is 1. The van der Waals surface area contributed by atoms with E-state index in [1.54, 1.807) is 13.0 Å². The van der Waals surface area contributed by atoms with Crippen molar-refractivity contribution in [1.82, 2.24) is 0 Å². The molecule has 92 valence electrons. The summed E-state index contributed by atoms with van der Waals surface area (Å²) >= 11 is 0. The van der Waals surface area contributed by atoms with Crippen molar-refractivity contribution in [2.24, 2.45) is 0 Å². The number of rotatable bonds is 4. The Labute approximate surface area is 97.8 Å². The Kier molecular flexibility index (Phi) is 4.47. The number of hydrogen-bond donors (Lipinski definition) is 3. The molecule has 0 atom stereocenters. The molecule has 0 aliphatic heterocycles. The van der Waals surface area contributed by atoms with Crippen molar-refractivity contribution in [2.75, 3.05) is 18.5 Å². The van der Waals surface area contributed by atoms with Crippen LogP contribution in [0, 0.1) is 6.92 Å². The molecule has 6 nitrogen and oxygen atoms in total. The van der Waals surface area contributed by atoms with Gasteiger partial charge >= 0.3 is 12.1 Å². The van der Waals surface area contributed by atoms with E-state index in [1.807, 2.05) is 0 Å². The molecule has 0 radical (unpaired) electrons. The maximum absolute atomic E-state index is 11.2. The minimum absolute atomic E-state index is 0.108. The van der Waals surface area contributed by atoms with E-state index >= 15 is 0 Å². The number of hydrogen-bond acceptors (Lipinski definition) is 4. The summed E-state index contributed by atoms with van der Waals surface area (Å²) in [5, 5.41) is 19.8. The van der Waals surface area contributed by atoms with E-state index in [9.17, 15) is 9.59 Å². The molecule has 1 aromatic rings. The van der Waals surface area contributed by atoms with Crippen LogP contribution in [0.4, 0.5) is 10.5 Å². The van der Waals surface area contributed by atoms with Crippen LogP contribution in [0.2, 0.25) is 0 Å². The average Bonchev–Trinajstić information content (AvgIpc) is 2.28. The minimum atomic E-state index is -1.06. The third-order valence-corrected chi connectivity index (χ3v) is 2.13. The first-order chi connectivity index (χ1) is 8.06. The summed E-state index contributed by atoms with van der Waals surface area (Å²) in [5.41, 5.74) is 0.929. The number of aliphatic hydroxyl groups is 1. The fraction of sp³-hybridized carbons (Fsp3) is 0.273. The number of aromatic carboxylic acids is 1. The Morgan fingerprint density at radius 1 is 1.41 bits per heavy atom. The van der Waals surface area contributed by atoms with Gasteiger partial charge in [-0.2, -0.15) is 0 Å². The van der Waals surface area contributed by atoms with Crippen LogP contribution in [0.3, 0.4) is 0 Å². The molecule has 0 heterocycles. The second-order valence-electron chi connectivity index (χ2n) is 3.27. The fourth-order valence-electron chi connectivity index (χ4n) is 1.29. The largest absolute Gasteiger partial charge is 0.478 e. The lowest BCUT2D eigenvalue weighted by atomic mass is 10.1. The van der Waals surface area contributed by atoms with E-state index in [0.29, 0.717) is 11.3 Å². The number of carbonyl (C=O) groups is 2. The van der Waals surface area contributed by atoms with Gasteiger partial charge in [-0.3, -0.25) is 5.32 Å². The molecule has 0 bridgehead atoms. The summed E-state index contributed by atoms with van der Waals surface area (Å²) in [7, 11) is 0. The van der Waals surface area contributed by atoms with Gasteiger partial charge in [0.15, 0.2) is 0 Å². The van der Waals surface area contributed by atoms with Gasteiger partial charge in [0.2, 0.25) is 0 Å². The van der Waals surface area contributed by atoms with Crippen molar-refractivity contribution in [3.8, 4) is 0 Å². The molecular formula is C11H13NO5. The quantitative estimate of drug-likeness (QED) is 0.734. The van der Waals surface area contributed by atoms with Gasteiger partial charge in [-0.1, -0.05) is 6.07 Å². The molecule has 0 aromatic heterocycles. The third-order valence-electron chi connectivity index (χ3n) is 2.13. The summed E-state index contributed by atoms with van der Waals surface area (Å²) in [4.78, 5) is 22.1. The maximum Gasteiger partial charge on any atom is 0.411 e. The number of ether oxygens (including phenoxy) is 1. The topological polar surface area (TPSA) is 95.9 Å². The lowest BCUT2D eigenvalue weighted by Crippen LogP contribution is -2.17. The van der Waals surface area contributed by atoms with E-state index in [2.05, 4.69) is 10.1 Å². The van der Waals surface area contributed by atoms with Crippen molar-refractivity contribution in [3.63, 3.8) is 0 Å². The van der Waals surface area contributed by atoms with Gasteiger partial charge in [-0.15, -0.1) is 0 Å². The SMILES string of the molecule is Cc1c(NC(=O)OCCO)cccc1C(=O)O. The molecule has 0 saturated carbocycles. The van der Waals surface area contributed by atoms with Crippen LogP contribution in [-0.4, -0.2) is 35.5 Å². The molecule has 3 N–H and O–H groups in total. The van der Waals surface area contributed by atoms with Crippen LogP contribution in [0.15, 0.2) is 18.2 Å². The first-order valence-electron chi connectivity index (χ1n) is 4.93. The third kappa shape index (κ3) is 3.46. The lowest BCUT2D eigenvalue weighted by Gasteiger charge is -2.10. The van der Waals surface area contributed by atoms with E-state index < -0.39 is 12.1 Å². The number of carbonyl (C=O) groups excluding carboxylic acids is 1. The fourth-order valence-corrected chi connectivity index (χ4v) is 1.29. The van der Waals surface area contributed by atoms with Crippen LogP contribution >= 0.6 is 0 Å². The summed E-state index contributed by atoms with van der Waals surface area (Å²) in [6, 6.07) is 4.54. The molecule has 0 unspecified atom stereocenters. The highest BCUT2D eigenvalue weighted by Crippen LogP contribution is 2.19. The highest BCUT2D eigenvalue weighted by molar-refractivity contribution is 5.93. The Hall–Kier alpha value is -2.08. The highest BCUT2D eigenvalue weighted by Gasteiger charge is 2.12. The molecule has 6 heteroatoms. The Morgan fingerprint density at radius 3 is 2.71 bits per heavy atom. The van der Waals surface area contributed by atoms with E-state index in [1.165, 1.54) is 12.1 Å². The van der Waals surface area contributed by atoms with E-state index in [4.69, 9.17) is 10.2 Å². The number of anilines is 1. The van der Waals surface area contributed by atoms with Crippen molar-refractivity contribution < 1.29 is 24.5 Å². The molecular weight excluding hydrogens is 226 g/mol. The van der Waals surface area contributed by atoms with Crippen LogP contribution in [0.25, 0.3) is 0 Å². The van der Waals surface area contributed by atoms with Gasteiger partial charge in [0.1, 0.15) is 6.61 Å². The Balaban J connectivity index is 2.81. The van der Waals surface area contributed by atoms with Crippen LogP contribution < -0.4 is 5.32 Å². The van der Waals surface area contributed by atoms with Crippen LogP contribution in [0.1, 0.15) is 15.9 Å². The minimum Gasteiger partial charge on any atom is -0.478 e. The molecule has 0 aliphatic rings. The standard InChI is InChI=1S/C11H13NO5/c1-7-8(10(14)15)3-2-4-9(7)12-11(16)17-6-5-13/h2-4,13H,5-6H2,1H3,(H,12,16)(H,14,15). The van der Waals surface area contributed by atoms with E-state index in [0.717, 1.165) is 0 Å². The van der Waals surface area contributed by atoms with Crippen LogP contribution in [-0.2, 0) is 4.74 Å². The summed E-state index contributed by atoms with van der Waals surface area (Å²) in [6.45, 7) is 1.22. The van der Waals surface area contributed by atoms with Crippen molar-refractivity contribution >= 4 is 17.7 Å². The zero-order valence-corrected chi connectivity index (χ0v) is 9.27. The van der Waals surface area contributed by atoms with E-state index in [-0.39, 0.29) is 18.8 Å². The second-order valence-corrected chi connectivity index (χ2v) is 3.27. The van der Waals surface area contributed by atoms with Gasteiger partial charge in [-0.05, 0) is 24.6 Å². The highest BCUT2D eigenvalue weighted by atomic mass is 16.6. The summed E-state index contributed by atoms with van der Waals surface area (Å²) < 4.78 is 4.60. The number of carboxylic acids is 1. The number of benzene rings is 1. The Bertz CT molecular complexity index is 430. The van der Waals surface area contributed by atoms with Gasteiger partial charge < -0.3 is 14.9 Å². The molecule has 1 rings (SSSR count). The summed E-state index contributed by atoms with van der Waals surface area (Å²) in [6.07, 6.45) is -0.732. The van der Waals surface area contributed by atoms with Crippen molar-refractivity contribution in [1.29, 1.82) is 0 Å². The lowest BCUT2D eigenvalue weighted by molar-refractivity contribution is 0.0696. The molecule has 0 saturated heterocycles. The molecule has 1 aromatic carbocycles. The smallest absolute Gasteiger partial charge is 0.411 e. The molecule has 0 fully saturated rings. The van der Waals surface area contributed by atoms with Crippen molar-refractivity contribution in [2.45, 2.75) is 6.92 Å². The van der Waals surface area contributed by atoms with Crippen LogP contribution in [0.5, 0.6) is 0 Å². The normalized spacial score (nSPS) is 9.76. The molecule has 0 spiro atoms.